The number of amides is 1. The molecular formula is C23H19NO3. The van der Waals surface area contributed by atoms with Crippen molar-refractivity contribution in [2.75, 3.05) is 6.61 Å². The number of ether oxygens (including phenoxy) is 2. The van der Waals surface area contributed by atoms with Gasteiger partial charge in [0.1, 0.15) is 5.60 Å². The highest BCUT2D eigenvalue weighted by atomic mass is 16.6. The Hall–Kier alpha value is -3.24. The summed E-state index contributed by atoms with van der Waals surface area (Å²) in [6.45, 7) is 0.0948. The SMILES string of the molecule is O=C1N=COC1COC(c1ccccc1)(c1ccccc1)c1ccccc1. The minimum absolute atomic E-state index is 0.0948. The van der Waals surface area contributed by atoms with Crippen LogP contribution < -0.4 is 0 Å². The largest absolute Gasteiger partial charge is 0.467 e. The summed E-state index contributed by atoms with van der Waals surface area (Å²) in [5.74, 6) is -0.321. The van der Waals surface area contributed by atoms with Crippen LogP contribution in [0, 0.1) is 0 Å². The summed E-state index contributed by atoms with van der Waals surface area (Å²) in [5.41, 5.74) is 2.08. The molecule has 0 N–H and O–H groups in total. The highest BCUT2D eigenvalue weighted by Gasteiger charge is 2.39. The minimum atomic E-state index is -0.865. The third-order valence-electron chi connectivity index (χ3n) is 4.67. The van der Waals surface area contributed by atoms with E-state index in [2.05, 4.69) is 4.99 Å². The van der Waals surface area contributed by atoms with Gasteiger partial charge in [0.15, 0.2) is 6.40 Å². The van der Waals surface area contributed by atoms with E-state index in [0.29, 0.717) is 0 Å². The van der Waals surface area contributed by atoms with Crippen molar-refractivity contribution in [2.45, 2.75) is 11.7 Å². The van der Waals surface area contributed by atoms with Gasteiger partial charge in [-0.1, -0.05) is 91.0 Å². The zero-order chi connectivity index (χ0) is 18.5. The minimum Gasteiger partial charge on any atom is -0.467 e. The van der Waals surface area contributed by atoms with Gasteiger partial charge in [-0.3, -0.25) is 4.79 Å². The summed E-state index contributed by atoms with van der Waals surface area (Å²) in [7, 11) is 0. The molecule has 134 valence electrons. The second kappa shape index (κ2) is 7.56. The van der Waals surface area contributed by atoms with Gasteiger partial charge in [-0.15, -0.1) is 0 Å². The lowest BCUT2D eigenvalue weighted by atomic mass is 9.80. The van der Waals surface area contributed by atoms with Crippen molar-refractivity contribution >= 4 is 12.3 Å². The zero-order valence-electron chi connectivity index (χ0n) is 14.7. The first-order valence-corrected chi connectivity index (χ1v) is 8.83. The highest BCUT2D eigenvalue weighted by Crippen LogP contribution is 2.40. The van der Waals surface area contributed by atoms with Gasteiger partial charge in [0.2, 0.25) is 6.10 Å². The molecule has 1 aliphatic heterocycles. The molecule has 27 heavy (non-hydrogen) atoms. The molecule has 0 fully saturated rings. The molecule has 0 radical (unpaired) electrons. The monoisotopic (exact) mass is 357 g/mol. The van der Waals surface area contributed by atoms with Gasteiger partial charge in [0.05, 0.1) is 6.61 Å². The van der Waals surface area contributed by atoms with Crippen molar-refractivity contribution < 1.29 is 14.3 Å². The molecule has 4 rings (SSSR count). The van der Waals surface area contributed by atoms with E-state index in [1.165, 1.54) is 6.40 Å². The quantitative estimate of drug-likeness (QED) is 0.628. The van der Waals surface area contributed by atoms with Crippen molar-refractivity contribution in [3.8, 4) is 0 Å². The Morgan fingerprint density at radius 1 is 0.778 bits per heavy atom. The summed E-state index contributed by atoms with van der Waals surface area (Å²) in [4.78, 5) is 15.6. The number of nitrogens with zero attached hydrogens (tertiary/aromatic N) is 1. The molecule has 0 spiro atoms. The molecule has 1 heterocycles. The molecule has 0 bridgehead atoms. The lowest BCUT2D eigenvalue weighted by Crippen LogP contribution is -2.37. The van der Waals surface area contributed by atoms with E-state index in [0.717, 1.165) is 16.7 Å². The van der Waals surface area contributed by atoms with Crippen molar-refractivity contribution in [1.29, 1.82) is 0 Å². The van der Waals surface area contributed by atoms with Crippen LogP contribution in [-0.2, 0) is 19.9 Å². The van der Waals surface area contributed by atoms with Crippen LogP contribution in [0.25, 0.3) is 0 Å². The van der Waals surface area contributed by atoms with Gasteiger partial charge >= 0.3 is 0 Å². The zero-order valence-corrected chi connectivity index (χ0v) is 14.7. The van der Waals surface area contributed by atoms with Gasteiger partial charge in [0, 0.05) is 0 Å². The van der Waals surface area contributed by atoms with E-state index in [-0.39, 0.29) is 12.5 Å². The Morgan fingerprint density at radius 2 is 1.22 bits per heavy atom. The lowest BCUT2D eigenvalue weighted by molar-refractivity contribution is -0.127. The predicted molar refractivity (Wildman–Crippen MR) is 104 cm³/mol. The maximum Gasteiger partial charge on any atom is 0.291 e. The Bertz CT molecular complexity index is 827. The van der Waals surface area contributed by atoms with E-state index in [9.17, 15) is 4.79 Å². The smallest absolute Gasteiger partial charge is 0.291 e. The summed E-state index contributed by atoms with van der Waals surface area (Å²) in [6, 6.07) is 30.0. The molecular weight excluding hydrogens is 338 g/mol. The van der Waals surface area contributed by atoms with Crippen LogP contribution in [0.1, 0.15) is 16.7 Å². The number of aliphatic imine (C=N–C) groups is 1. The van der Waals surface area contributed by atoms with E-state index in [1.54, 1.807) is 0 Å². The fraction of sp³-hybridized carbons (Fsp3) is 0.130. The number of benzene rings is 3. The van der Waals surface area contributed by atoms with Crippen LogP contribution in [0.5, 0.6) is 0 Å². The van der Waals surface area contributed by atoms with Crippen LogP contribution in [0.4, 0.5) is 0 Å². The van der Waals surface area contributed by atoms with Gasteiger partial charge in [-0.2, -0.15) is 4.99 Å². The van der Waals surface area contributed by atoms with E-state index >= 15 is 0 Å². The summed E-state index contributed by atoms with van der Waals surface area (Å²) >= 11 is 0. The lowest BCUT2D eigenvalue weighted by Gasteiger charge is -2.36. The third-order valence-corrected chi connectivity index (χ3v) is 4.67. The number of rotatable bonds is 6. The van der Waals surface area contributed by atoms with Crippen LogP contribution in [-0.4, -0.2) is 25.0 Å². The second-order valence-electron chi connectivity index (χ2n) is 6.29. The summed E-state index contributed by atoms with van der Waals surface area (Å²) in [5, 5.41) is 0. The van der Waals surface area contributed by atoms with Crippen LogP contribution >= 0.6 is 0 Å². The Morgan fingerprint density at radius 3 is 1.59 bits per heavy atom. The summed E-state index contributed by atoms with van der Waals surface area (Å²) in [6.07, 6.45) is 0.464. The molecule has 4 heteroatoms. The first-order chi connectivity index (χ1) is 13.3. The average Bonchev–Trinajstić information content (AvgIpc) is 3.16. The standard InChI is InChI=1S/C23H19NO3/c25-22-21(26-17-24-22)16-27-23(18-10-4-1-5-11-18,19-12-6-2-7-13-19)20-14-8-3-9-15-20/h1-15,17,21H,16H2. The molecule has 1 aliphatic rings. The normalized spacial score (nSPS) is 16.3. The summed E-state index contributed by atoms with van der Waals surface area (Å²) < 4.78 is 11.8. The maximum absolute atomic E-state index is 11.9. The maximum atomic E-state index is 11.9. The third kappa shape index (κ3) is 3.27. The number of hydrogen-bond acceptors (Lipinski definition) is 3. The second-order valence-corrected chi connectivity index (χ2v) is 6.29. The van der Waals surface area contributed by atoms with Gasteiger partial charge in [-0.25, -0.2) is 0 Å². The Kier molecular flexibility index (Phi) is 4.81. The van der Waals surface area contributed by atoms with Gasteiger partial charge in [0.25, 0.3) is 5.91 Å². The van der Waals surface area contributed by atoms with E-state index in [4.69, 9.17) is 9.47 Å². The van der Waals surface area contributed by atoms with Gasteiger partial charge in [-0.05, 0) is 16.7 Å². The van der Waals surface area contributed by atoms with Crippen LogP contribution in [0.3, 0.4) is 0 Å². The molecule has 1 atom stereocenters. The van der Waals surface area contributed by atoms with Crippen molar-refractivity contribution in [1.82, 2.24) is 0 Å². The molecule has 1 unspecified atom stereocenters. The fourth-order valence-corrected chi connectivity index (χ4v) is 3.38. The van der Waals surface area contributed by atoms with E-state index in [1.807, 2.05) is 91.0 Å². The molecule has 0 saturated carbocycles. The molecule has 0 aliphatic carbocycles. The van der Waals surface area contributed by atoms with Crippen molar-refractivity contribution in [3.63, 3.8) is 0 Å². The Balaban J connectivity index is 1.85. The molecule has 0 aromatic heterocycles. The average molecular weight is 357 g/mol. The number of carbonyl (C=O) groups is 1. The number of carbonyl (C=O) groups excluding carboxylic acids is 1. The fourth-order valence-electron chi connectivity index (χ4n) is 3.38. The van der Waals surface area contributed by atoms with Crippen LogP contribution in [0.15, 0.2) is 96.0 Å². The first-order valence-electron chi connectivity index (χ1n) is 8.83. The molecule has 3 aromatic rings. The topological polar surface area (TPSA) is 47.9 Å². The molecule has 0 saturated heterocycles. The molecule has 1 amide bonds. The Labute approximate surface area is 158 Å². The van der Waals surface area contributed by atoms with Crippen molar-refractivity contribution in [2.24, 2.45) is 4.99 Å². The first kappa shape index (κ1) is 17.2. The predicted octanol–water partition coefficient (Wildman–Crippen LogP) is 3.95. The molecule has 4 nitrogen and oxygen atoms in total. The molecule has 3 aromatic carbocycles. The number of hydrogen-bond donors (Lipinski definition) is 0. The van der Waals surface area contributed by atoms with Gasteiger partial charge < -0.3 is 9.47 Å². The van der Waals surface area contributed by atoms with Crippen molar-refractivity contribution in [3.05, 3.63) is 108 Å². The van der Waals surface area contributed by atoms with E-state index < -0.39 is 11.7 Å². The van der Waals surface area contributed by atoms with Crippen LogP contribution in [0.2, 0.25) is 0 Å². The highest BCUT2D eigenvalue weighted by molar-refractivity contribution is 5.91.